The minimum atomic E-state index is -0.128. The van der Waals surface area contributed by atoms with Gasteiger partial charge in [0.2, 0.25) is 0 Å². The van der Waals surface area contributed by atoms with Gasteiger partial charge in [-0.15, -0.1) is 0 Å². The average Bonchev–Trinajstić information content (AvgIpc) is 4.50. The van der Waals surface area contributed by atoms with Gasteiger partial charge in [0.25, 0.3) is 22.2 Å². The van der Waals surface area contributed by atoms with Gasteiger partial charge in [-0.2, -0.15) is 0 Å². The molecule has 0 unspecified atom stereocenters. The van der Waals surface area contributed by atoms with Gasteiger partial charge in [0, 0.05) is 64.6 Å². The molecule has 12 heteroatoms. The topological polar surface area (TPSA) is 137 Å². The van der Waals surface area contributed by atoms with Crippen LogP contribution in [0.3, 0.4) is 0 Å². The molecule has 0 aliphatic carbocycles. The molecule has 0 radical (unpaired) electrons. The molecule has 0 saturated carbocycles. The molecule has 0 N–H and O–H groups in total. The molecular weight excluding hydrogens is 993 g/mol. The van der Waals surface area contributed by atoms with Crippen LogP contribution in [0.1, 0.15) is 111 Å². The first-order valence-electron chi connectivity index (χ1n) is 28.7. The van der Waals surface area contributed by atoms with Gasteiger partial charge in [-0.25, -0.2) is 19.9 Å². The predicted octanol–water partition coefficient (Wildman–Crippen LogP) is 16.9. The Morgan fingerprint density at radius 1 is 0.225 bits per heavy atom. The van der Waals surface area contributed by atoms with E-state index in [1.807, 2.05) is 244 Å². The third-order valence-electron chi connectivity index (χ3n) is 13.3. The predicted molar refractivity (Wildman–Crippen MR) is 344 cm³/mol. The van der Waals surface area contributed by atoms with Crippen molar-refractivity contribution in [3.8, 4) is 0 Å². The van der Waals surface area contributed by atoms with Crippen LogP contribution in [0.2, 0.25) is 0 Å². The highest BCUT2D eigenvalue weighted by atomic mass is 16.1. The highest BCUT2D eigenvalue weighted by Gasteiger charge is 2.24. The molecule has 0 bridgehead atoms. The van der Waals surface area contributed by atoms with Crippen molar-refractivity contribution in [1.82, 2.24) is 37.5 Å². The van der Waals surface area contributed by atoms with E-state index < -0.39 is 0 Å². The zero-order valence-electron chi connectivity index (χ0n) is 49.1. The quantitative estimate of drug-likeness (QED) is 0.137. The summed E-state index contributed by atoms with van der Waals surface area (Å²) < 4.78 is 6.70. The second-order valence-corrected chi connectivity index (χ2v) is 16.4. The summed E-state index contributed by atoms with van der Waals surface area (Å²) >= 11 is 0. The molecule has 8 heterocycles. The van der Waals surface area contributed by atoms with Crippen molar-refractivity contribution in [3.63, 3.8) is 0 Å². The highest BCUT2D eigenvalue weighted by Crippen LogP contribution is 2.38. The van der Waals surface area contributed by atoms with Crippen LogP contribution in [-0.2, 0) is 0 Å². The van der Waals surface area contributed by atoms with Gasteiger partial charge in [-0.05, 0) is 97.1 Å². The number of aromatic nitrogens is 8. The fourth-order valence-electron chi connectivity index (χ4n) is 10.6. The fourth-order valence-corrected chi connectivity index (χ4v) is 10.6. The van der Waals surface area contributed by atoms with Gasteiger partial charge in [0.1, 0.15) is 22.6 Å². The summed E-state index contributed by atoms with van der Waals surface area (Å²) in [6.45, 7) is 32.0. The zero-order valence-corrected chi connectivity index (χ0v) is 49.1. The molecule has 408 valence electrons. The summed E-state index contributed by atoms with van der Waals surface area (Å²) in [5, 5.41) is 8.84. The second kappa shape index (κ2) is 25.1. The molecule has 0 atom stereocenters. The maximum Gasteiger partial charge on any atom is 0.264 e. The van der Waals surface area contributed by atoms with Crippen molar-refractivity contribution in [2.24, 2.45) is 0 Å². The first kappa shape index (κ1) is 58.5. The third-order valence-corrected chi connectivity index (χ3v) is 13.3. The van der Waals surface area contributed by atoms with Crippen molar-refractivity contribution in [2.75, 3.05) is 0 Å². The van der Waals surface area contributed by atoms with Crippen LogP contribution in [0, 0.1) is 0 Å². The summed E-state index contributed by atoms with van der Waals surface area (Å²) in [6.07, 6.45) is 0. The van der Waals surface area contributed by atoms with E-state index in [0.717, 1.165) is 87.2 Å². The number of pyridine rings is 4. The normalized spacial score (nSPS) is 10.7. The van der Waals surface area contributed by atoms with Crippen LogP contribution in [0.25, 0.3) is 131 Å². The van der Waals surface area contributed by atoms with E-state index in [0.29, 0.717) is 44.1 Å². The van der Waals surface area contributed by atoms with E-state index in [1.165, 1.54) is 0 Å². The number of para-hydroxylation sites is 8. The number of hydrogen-bond acceptors (Lipinski definition) is 8. The standard InChI is InChI=1S/2C26H12N4O2.8C2H6/c31-25-15-12-10-14-22-16(26(32)30-20-8-4-2-6-18(20)28-24(14)30)11-9-13(21(15)22)23-27-17-5-1-3-7-19(17)29(23)25;31-25-15-11-12-16-22-14(24-28-18-6-2-4-8-20(18)30(24)26(16)32)10-9-13(21(15)22)23-27-17-5-1-3-7-19(17)29(23)25;8*1-2/h2*1-12H;8*1-2H3. The molecule has 0 aliphatic rings. The van der Waals surface area contributed by atoms with Gasteiger partial charge in [0.15, 0.2) is 0 Å². The van der Waals surface area contributed by atoms with Crippen molar-refractivity contribution in [3.05, 3.63) is 187 Å². The summed E-state index contributed by atoms with van der Waals surface area (Å²) in [5.74, 6) is 0. The minimum absolute atomic E-state index is 0.128. The molecule has 8 aromatic heterocycles. The molecule has 16 aromatic rings. The van der Waals surface area contributed by atoms with Crippen LogP contribution in [-0.4, -0.2) is 37.5 Å². The van der Waals surface area contributed by atoms with Crippen molar-refractivity contribution >= 4 is 131 Å². The lowest BCUT2D eigenvalue weighted by Crippen LogP contribution is -2.16. The number of hydrogen-bond donors (Lipinski definition) is 0. The lowest BCUT2D eigenvalue weighted by atomic mass is 9.96. The van der Waals surface area contributed by atoms with Crippen LogP contribution >= 0.6 is 0 Å². The van der Waals surface area contributed by atoms with E-state index in [2.05, 4.69) is 0 Å². The van der Waals surface area contributed by atoms with E-state index in [-0.39, 0.29) is 22.2 Å². The fraction of sp³-hybridized carbons (Fsp3) is 0.235. The summed E-state index contributed by atoms with van der Waals surface area (Å²) in [6, 6.07) is 45.6. The third kappa shape index (κ3) is 8.70. The molecule has 80 heavy (non-hydrogen) atoms. The molecule has 0 amide bonds. The van der Waals surface area contributed by atoms with Gasteiger partial charge >= 0.3 is 0 Å². The summed E-state index contributed by atoms with van der Waals surface area (Å²) in [7, 11) is 0. The maximum atomic E-state index is 13.6. The van der Waals surface area contributed by atoms with Crippen molar-refractivity contribution in [1.29, 1.82) is 0 Å². The number of imidazole rings is 4. The second-order valence-electron chi connectivity index (χ2n) is 16.4. The Morgan fingerprint density at radius 2 is 0.388 bits per heavy atom. The molecule has 0 fully saturated rings. The Morgan fingerprint density at radius 3 is 0.575 bits per heavy atom. The lowest BCUT2D eigenvalue weighted by molar-refractivity contribution is 1.18. The van der Waals surface area contributed by atoms with Gasteiger partial charge in [-0.3, -0.25) is 36.8 Å². The van der Waals surface area contributed by atoms with E-state index in [4.69, 9.17) is 19.9 Å². The number of fused-ring (bicyclic) bond motifs is 16. The lowest BCUT2D eigenvalue weighted by Gasteiger charge is -2.12. The Bertz CT molecular complexity index is 4440. The minimum Gasteiger partial charge on any atom is -0.268 e. The molecule has 0 saturated heterocycles. The van der Waals surface area contributed by atoms with Gasteiger partial charge in [0.05, 0.1) is 44.1 Å². The maximum absolute atomic E-state index is 13.6. The monoisotopic (exact) mass is 1060 g/mol. The van der Waals surface area contributed by atoms with E-state index in [1.54, 1.807) is 29.7 Å². The van der Waals surface area contributed by atoms with Crippen LogP contribution in [0.5, 0.6) is 0 Å². The average molecular weight is 1070 g/mol. The van der Waals surface area contributed by atoms with Gasteiger partial charge in [-0.1, -0.05) is 159 Å². The Balaban J connectivity index is 0.000000186. The Kier molecular flexibility index (Phi) is 18.4. The van der Waals surface area contributed by atoms with E-state index in [9.17, 15) is 19.2 Å². The number of rotatable bonds is 0. The summed E-state index contributed by atoms with van der Waals surface area (Å²) in [4.78, 5) is 73.4. The molecule has 8 aromatic carbocycles. The largest absolute Gasteiger partial charge is 0.268 e. The first-order chi connectivity index (χ1) is 39.4. The zero-order chi connectivity index (χ0) is 58.3. The first-order valence-corrected chi connectivity index (χ1v) is 28.7. The molecule has 0 spiro atoms. The van der Waals surface area contributed by atoms with Crippen LogP contribution in [0.15, 0.2) is 165 Å². The van der Waals surface area contributed by atoms with Crippen LogP contribution < -0.4 is 22.2 Å². The van der Waals surface area contributed by atoms with Gasteiger partial charge < -0.3 is 0 Å². The molecular formula is C68H72N8O4. The molecule has 0 aliphatic heterocycles. The Labute approximate surface area is 464 Å². The smallest absolute Gasteiger partial charge is 0.264 e. The number of nitrogens with zero attached hydrogens (tertiary/aromatic N) is 8. The Hall–Kier alpha value is -9.16. The van der Waals surface area contributed by atoms with Crippen molar-refractivity contribution in [2.45, 2.75) is 111 Å². The molecule has 16 rings (SSSR count). The van der Waals surface area contributed by atoms with E-state index >= 15 is 0 Å². The molecule has 12 nitrogen and oxygen atoms in total. The van der Waals surface area contributed by atoms with Crippen molar-refractivity contribution < 1.29 is 0 Å². The SMILES string of the molecule is CC.CC.CC.CC.CC.CC.CC.CC.O=c1c2ccc3c(=O)n4c5ccccc5nc4c4ccc(c2c34)c2nc3ccccc3n12.O=c1c2ccc3c4c(ccc(c24)c2nc4ccccc4n12)c(=O)n1c2ccccc2nc31. The van der Waals surface area contributed by atoms with Crippen LogP contribution in [0.4, 0.5) is 0 Å². The number of benzene rings is 8. The highest BCUT2D eigenvalue weighted by molar-refractivity contribution is 6.29. The summed E-state index contributed by atoms with van der Waals surface area (Å²) in [5.41, 5.74) is 8.13.